The Hall–Kier alpha value is -0.700. The molecule has 0 aromatic heterocycles. The van der Waals surface area contributed by atoms with Crippen molar-refractivity contribution in [3.63, 3.8) is 0 Å². The average Bonchev–Trinajstić information content (AvgIpc) is 1.85. The van der Waals surface area contributed by atoms with Gasteiger partial charge in [-0.25, -0.2) is 0 Å². The normalized spacial score (nSPS) is 9.40. The topological polar surface area (TPSA) is 35.2 Å². The lowest BCUT2D eigenvalue weighted by Crippen LogP contribution is -1.88. The van der Waals surface area contributed by atoms with E-state index in [0.717, 1.165) is 4.47 Å². The number of halogens is 1. The molecule has 2 nitrogen and oxygen atoms in total. The van der Waals surface area contributed by atoms with Crippen LogP contribution in [0.15, 0.2) is 16.6 Å². The van der Waals surface area contributed by atoms with E-state index in [4.69, 9.17) is 10.5 Å². The van der Waals surface area contributed by atoms with E-state index in [1.165, 1.54) is 0 Å². The Morgan fingerprint density at radius 3 is 2.80 bits per heavy atom. The van der Waals surface area contributed by atoms with Gasteiger partial charge in [-0.15, -0.1) is 0 Å². The maximum atomic E-state index is 5.47. The highest BCUT2D eigenvalue weighted by molar-refractivity contribution is 9.10. The number of anilines is 1. The molecular weight excluding hydrogens is 194 g/mol. The summed E-state index contributed by atoms with van der Waals surface area (Å²) < 4.78 is 5.81. The number of methoxy groups -OCH3 is 1. The maximum Gasteiger partial charge on any atom is 0.130 e. The van der Waals surface area contributed by atoms with E-state index in [1.54, 1.807) is 19.2 Å². The molecule has 0 bridgehead atoms. The van der Waals surface area contributed by atoms with Crippen LogP contribution in [0.1, 0.15) is 0 Å². The van der Waals surface area contributed by atoms with Gasteiger partial charge >= 0.3 is 0 Å². The SMILES string of the molecule is COc1[c]c(N)cc(Br)c1. The molecule has 53 valence electrons. The summed E-state index contributed by atoms with van der Waals surface area (Å²) in [5.74, 6) is 0.645. The van der Waals surface area contributed by atoms with Crippen molar-refractivity contribution in [2.75, 3.05) is 12.8 Å². The van der Waals surface area contributed by atoms with Crippen LogP contribution < -0.4 is 10.5 Å². The summed E-state index contributed by atoms with van der Waals surface area (Å²) in [6.45, 7) is 0. The van der Waals surface area contributed by atoms with Crippen LogP contribution in [0.25, 0.3) is 0 Å². The van der Waals surface area contributed by atoms with Crippen molar-refractivity contribution < 1.29 is 4.74 Å². The zero-order chi connectivity index (χ0) is 7.56. The van der Waals surface area contributed by atoms with Gasteiger partial charge in [-0.1, -0.05) is 15.9 Å². The Bertz CT molecular complexity index is 217. The zero-order valence-corrected chi connectivity index (χ0v) is 7.10. The molecule has 0 fully saturated rings. The predicted molar refractivity (Wildman–Crippen MR) is 43.9 cm³/mol. The quantitative estimate of drug-likeness (QED) is 0.703. The van der Waals surface area contributed by atoms with Gasteiger partial charge in [0.2, 0.25) is 0 Å². The van der Waals surface area contributed by atoms with Crippen LogP contribution in [-0.4, -0.2) is 7.11 Å². The Labute approximate surface area is 68.1 Å². The van der Waals surface area contributed by atoms with Gasteiger partial charge < -0.3 is 10.5 Å². The highest BCUT2D eigenvalue weighted by Gasteiger charge is 1.95. The summed E-state index contributed by atoms with van der Waals surface area (Å²) in [7, 11) is 1.58. The van der Waals surface area contributed by atoms with Gasteiger partial charge in [-0.05, 0) is 12.1 Å². The number of benzene rings is 1. The summed E-state index contributed by atoms with van der Waals surface area (Å²) in [6.07, 6.45) is 0. The third-order valence-corrected chi connectivity index (χ3v) is 1.51. The number of nitrogens with two attached hydrogens (primary N) is 1. The van der Waals surface area contributed by atoms with Gasteiger partial charge in [-0.3, -0.25) is 0 Å². The molecule has 0 aliphatic rings. The second-order valence-corrected chi connectivity index (χ2v) is 2.74. The largest absolute Gasteiger partial charge is 0.496 e. The van der Waals surface area contributed by atoms with Gasteiger partial charge in [0.25, 0.3) is 0 Å². The first-order valence-corrected chi connectivity index (χ1v) is 3.54. The van der Waals surface area contributed by atoms with Crippen molar-refractivity contribution in [2.45, 2.75) is 0 Å². The molecule has 0 aliphatic heterocycles. The Kier molecular flexibility index (Phi) is 2.17. The molecule has 0 saturated heterocycles. The smallest absolute Gasteiger partial charge is 0.130 e. The van der Waals surface area contributed by atoms with E-state index in [9.17, 15) is 0 Å². The van der Waals surface area contributed by atoms with E-state index in [2.05, 4.69) is 22.0 Å². The number of nitrogen functional groups attached to an aromatic ring is 1. The first-order chi connectivity index (χ1) is 4.72. The summed E-state index contributed by atoms with van der Waals surface area (Å²) in [5, 5.41) is 0. The van der Waals surface area contributed by atoms with Crippen molar-refractivity contribution in [2.24, 2.45) is 0 Å². The molecule has 1 rings (SSSR count). The van der Waals surface area contributed by atoms with Crippen LogP contribution in [0.5, 0.6) is 5.75 Å². The number of rotatable bonds is 1. The van der Waals surface area contributed by atoms with Crippen molar-refractivity contribution >= 4 is 21.6 Å². The second kappa shape index (κ2) is 2.92. The minimum atomic E-state index is 0.575. The first kappa shape index (κ1) is 7.41. The molecule has 0 amide bonds. The third kappa shape index (κ3) is 1.64. The van der Waals surface area contributed by atoms with Crippen LogP contribution in [-0.2, 0) is 0 Å². The Balaban J connectivity index is 3.06. The molecule has 1 aromatic rings. The molecule has 1 aromatic carbocycles. The average molecular weight is 201 g/mol. The molecule has 0 spiro atoms. The monoisotopic (exact) mass is 200 g/mol. The fourth-order valence-electron chi connectivity index (χ4n) is 0.640. The first-order valence-electron chi connectivity index (χ1n) is 2.74. The highest BCUT2D eigenvalue weighted by atomic mass is 79.9. The molecule has 0 heterocycles. The summed E-state index contributed by atoms with van der Waals surface area (Å²) >= 11 is 3.27. The second-order valence-electron chi connectivity index (χ2n) is 1.82. The van der Waals surface area contributed by atoms with Gasteiger partial charge in [0.05, 0.1) is 13.2 Å². The summed E-state index contributed by atoms with van der Waals surface area (Å²) in [6, 6.07) is 6.39. The Morgan fingerprint density at radius 2 is 2.30 bits per heavy atom. The lowest BCUT2D eigenvalue weighted by atomic mass is 10.3. The molecule has 0 aliphatic carbocycles. The number of hydrogen-bond donors (Lipinski definition) is 1. The molecular formula is C7H7BrNO. The molecule has 2 N–H and O–H groups in total. The van der Waals surface area contributed by atoms with Crippen LogP contribution in [0.4, 0.5) is 5.69 Å². The van der Waals surface area contributed by atoms with Crippen molar-refractivity contribution in [3.8, 4) is 5.75 Å². The van der Waals surface area contributed by atoms with Crippen LogP contribution in [0.2, 0.25) is 0 Å². The van der Waals surface area contributed by atoms with Crippen molar-refractivity contribution in [3.05, 3.63) is 22.7 Å². The van der Waals surface area contributed by atoms with Crippen LogP contribution in [0.3, 0.4) is 0 Å². The summed E-state index contributed by atoms with van der Waals surface area (Å²) in [4.78, 5) is 0. The number of hydrogen-bond acceptors (Lipinski definition) is 2. The van der Waals surface area contributed by atoms with Gasteiger partial charge in [0.15, 0.2) is 0 Å². The Morgan fingerprint density at radius 1 is 1.60 bits per heavy atom. The van der Waals surface area contributed by atoms with Gasteiger partial charge in [-0.2, -0.15) is 0 Å². The van der Waals surface area contributed by atoms with Crippen molar-refractivity contribution in [1.82, 2.24) is 0 Å². The fourth-order valence-corrected chi connectivity index (χ4v) is 1.09. The van der Waals surface area contributed by atoms with Gasteiger partial charge in [0, 0.05) is 10.2 Å². The van der Waals surface area contributed by atoms with Gasteiger partial charge in [0.1, 0.15) is 5.75 Å². The van der Waals surface area contributed by atoms with E-state index < -0.39 is 0 Å². The third-order valence-electron chi connectivity index (χ3n) is 1.05. The van der Waals surface area contributed by atoms with E-state index in [-0.39, 0.29) is 0 Å². The van der Waals surface area contributed by atoms with E-state index in [1.807, 2.05) is 0 Å². The molecule has 0 saturated carbocycles. The minimum Gasteiger partial charge on any atom is -0.496 e. The van der Waals surface area contributed by atoms with E-state index in [0.29, 0.717) is 11.4 Å². The maximum absolute atomic E-state index is 5.47. The van der Waals surface area contributed by atoms with Crippen LogP contribution in [0, 0.1) is 6.07 Å². The van der Waals surface area contributed by atoms with Crippen LogP contribution >= 0.6 is 15.9 Å². The fraction of sp³-hybridized carbons (Fsp3) is 0.143. The van der Waals surface area contributed by atoms with E-state index >= 15 is 0 Å². The standard InChI is InChI=1S/C7H7BrNO/c1-10-7-3-5(8)2-6(9)4-7/h2-3H,9H2,1H3. The van der Waals surface area contributed by atoms with Crippen molar-refractivity contribution in [1.29, 1.82) is 0 Å². The molecule has 1 radical (unpaired) electrons. The predicted octanol–water partition coefficient (Wildman–Crippen LogP) is 1.84. The molecule has 10 heavy (non-hydrogen) atoms. The molecule has 0 unspecified atom stereocenters. The lowest BCUT2D eigenvalue weighted by molar-refractivity contribution is 0.414. The zero-order valence-electron chi connectivity index (χ0n) is 5.52. The highest BCUT2D eigenvalue weighted by Crippen LogP contribution is 2.21. The summed E-state index contributed by atoms with van der Waals surface area (Å²) in [5.41, 5.74) is 6.04. The number of ether oxygens (including phenoxy) is 1. The lowest BCUT2D eigenvalue weighted by Gasteiger charge is -1.99. The molecule has 3 heteroatoms. The minimum absolute atomic E-state index is 0.575. The molecule has 0 atom stereocenters.